The number of hydrogen-bond acceptors (Lipinski definition) is 4. The fraction of sp³-hybridized carbons (Fsp3) is 0.200. The molecule has 0 saturated carbocycles. The summed E-state index contributed by atoms with van der Waals surface area (Å²) in [6.45, 7) is 0. The highest BCUT2D eigenvalue weighted by Crippen LogP contribution is 2.11. The lowest BCUT2D eigenvalue weighted by atomic mass is 10.1. The number of anilines is 1. The number of nitriles is 1. The Labute approximate surface area is 83.3 Å². The Hall–Kier alpha value is -2.02. The van der Waals surface area contributed by atoms with Crippen LogP contribution in [0.15, 0.2) is 18.5 Å². The molecule has 1 rings (SSSR count). The van der Waals surface area contributed by atoms with Crippen molar-refractivity contribution in [3.8, 4) is 6.07 Å². The topological polar surface area (TPSA) is 65.9 Å². The minimum Gasteiger partial charge on any atom is -0.384 e. The molecule has 0 spiro atoms. The largest absolute Gasteiger partial charge is 0.384 e. The SMILES string of the molecule is CN(C)/C=C/c1cc(N)ncc1C#N. The zero-order valence-electron chi connectivity index (χ0n) is 8.23. The van der Waals surface area contributed by atoms with E-state index in [2.05, 4.69) is 11.1 Å². The van der Waals surface area contributed by atoms with Crippen LogP contribution in [0.5, 0.6) is 0 Å². The van der Waals surface area contributed by atoms with Crippen molar-refractivity contribution in [3.05, 3.63) is 29.6 Å². The van der Waals surface area contributed by atoms with Gasteiger partial charge in [0.05, 0.1) is 5.56 Å². The molecule has 1 aromatic rings. The van der Waals surface area contributed by atoms with Crippen molar-refractivity contribution in [2.24, 2.45) is 0 Å². The molecule has 0 saturated heterocycles. The molecule has 0 aromatic carbocycles. The normalized spacial score (nSPS) is 10.1. The number of rotatable bonds is 2. The van der Waals surface area contributed by atoms with Crippen molar-refractivity contribution < 1.29 is 0 Å². The van der Waals surface area contributed by atoms with Crippen molar-refractivity contribution in [1.29, 1.82) is 5.26 Å². The van der Waals surface area contributed by atoms with Gasteiger partial charge in [0, 0.05) is 20.3 Å². The molecule has 0 atom stereocenters. The van der Waals surface area contributed by atoms with Crippen LogP contribution in [0.3, 0.4) is 0 Å². The Morgan fingerprint density at radius 1 is 1.57 bits per heavy atom. The van der Waals surface area contributed by atoms with Crippen molar-refractivity contribution in [2.75, 3.05) is 19.8 Å². The van der Waals surface area contributed by atoms with Gasteiger partial charge in [0.1, 0.15) is 11.9 Å². The molecular weight excluding hydrogens is 176 g/mol. The Kier molecular flexibility index (Phi) is 3.08. The zero-order chi connectivity index (χ0) is 10.6. The van der Waals surface area contributed by atoms with Crippen LogP contribution >= 0.6 is 0 Å². The van der Waals surface area contributed by atoms with E-state index in [1.165, 1.54) is 6.20 Å². The standard InChI is InChI=1S/C10H12N4/c1-14(2)4-3-8-5-10(12)13-7-9(8)6-11/h3-5,7H,1-2H3,(H2,12,13)/b4-3+. The monoisotopic (exact) mass is 188 g/mol. The lowest BCUT2D eigenvalue weighted by Crippen LogP contribution is -2.00. The van der Waals surface area contributed by atoms with Crippen LogP contribution in [0, 0.1) is 11.3 Å². The van der Waals surface area contributed by atoms with Crippen molar-refractivity contribution >= 4 is 11.9 Å². The second-order valence-electron chi connectivity index (χ2n) is 3.09. The first-order valence-electron chi connectivity index (χ1n) is 4.13. The van der Waals surface area contributed by atoms with E-state index in [1.54, 1.807) is 6.07 Å². The van der Waals surface area contributed by atoms with Gasteiger partial charge in [-0.15, -0.1) is 0 Å². The molecule has 0 aliphatic rings. The zero-order valence-corrected chi connectivity index (χ0v) is 8.23. The van der Waals surface area contributed by atoms with Gasteiger partial charge in [-0.2, -0.15) is 5.26 Å². The summed E-state index contributed by atoms with van der Waals surface area (Å²) in [5.74, 6) is 0.419. The van der Waals surface area contributed by atoms with Crippen LogP contribution in [0.25, 0.3) is 6.08 Å². The summed E-state index contributed by atoms with van der Waals surface area (Å²) in [6, 6.07) is 3.74. The van der Waals surface area contributed by atoms with Crippen LogP contribution < -0.4 is 5.73 Å². The number of aromatic nitrogens is 1. The minimum absolute atomic E-state index is 0.419. The molecule has 0 bridgehead atoms. The van der Waals surface area contributed by atoms with E-state index in [0.717, 1.165) is 5.56 Å². The molecule has 0 fully saturated rings. The van der Waals surface area contributed by atoms with Gasteiger partial charge in [0.2, 0.25) is 0 Å². The fourth-order valence-corrected chi connectivity index (χ4v) is 0.949. The highest BCUT2D eigenvalue weighted by atomic mass is 15.0. The summed E-state index contributed by atoms with van der Waals surface area (Å²) in [6.07, 6.45) is 5.16. The van der Waals surface area contributed by atoms with Crippen LogP contribution in [0.1, 0.15) is 11.1 Å². The predicted octanol–water partition coefficient (Wildman–Crippen LogP) is 1.07. The molecule has 0 amide bonds. The molecule has 0 aliphatic heterocycles. The van der Waals surface area contributed by atoms with Gasteiger partial charge >= 0.3 is 0 Å². The van der Waals surface area contributed by atoms with Gasteiger partial charge in [-0.05, 0) is 23.9 Å². The maximum absolute atomic E-state index is 8.80. The number of pyridine rings is 1. The van der Waals surface area contributed by atoms with Crippen LogP contribution in [0.4, 0.5) is 5.82 Å². The average molecular weight is 188 g/mol. The Bertz CT molecular complexity index is 388. The Balaban J connectivity index is 3.06. The van der Waals surface area contributed by atoms with E-state index in [4.69, 9.17) is 11.0 Å². The first-order chi connectivity index (χ1) is 6.63. The smallest absolute Gasteiger partial charge is 0.123 e. The first-order valence-corrected chi connectivity index (χ1v) is 4.13. The predicted molar refractivity (Wildman–Crippen MR) is 56.1 cm³/mol. The molecule has 72 valence electrons. The van der Waals surface area contributed by atoms with Gasteiger partial charge < -0.3 is 10.6 Å². The summed E-state index contributed by atoms with van der Waals surface area (Å²) in [5, 5.41) is 8.80. The average Bonchev–Trinajstić information content (AvgIpc) is 2.15. The third-order valence-corrected chi connectivity index (χ3v) is 1.63. The second kappa shape index (κ2) is 4.28. The molecule has 1 heterocycles. The molecule has 4 nitrogen and oxygen atoms in total. The summed E-state index contributed by atoms with van der Waals surface area (Å²) in [4.78, 5) is 5.73. The number of nitrogens with two attached hydrogens (primary N) is 1. The molecule has 14 heavy (non-hydrogen) atoms. The van der Waals surface area contributed by atoms with Crippen LogP contribution in [0.2, 0.25) is 0 Å². The molecule has 2 N–H and O–H groups in total. The van der Waals surface area contributed by atoms with E-state index < -0.39 is 0 Å². The van der Waals surface area contributed by atoms with E-state index in [0.29, 0.717) is 11.4 Å². The molecular formula is C10H12N4. The van der Waals surface area contributed by atoms with Gasteiger partial charge in [0.15, 0.2) is 0 Å². The van der Waals surface area contributed by atoms with Gasteiger partial charge in [0.25, 0.3) is 0 Å². The molecule has 4 heteroatoms. The number of nitrogens with zero attached hydrogens (tertiary/aromatic N) is 3. The highest BCUT2D eigenvalue weighted by Gasteiger charge is 1.99. The fourth-order valence-electron chi connectivity index (χ4n) is 0.949. The highest BCUT2D eigenvalue weighted by molar-refractivity contribution is 5.60. The van der Waals surface area contributed by atoms with E-state index >= 15 is 0 Å². The Morgan fingerprint density at radius 3 is 2.86 bits per heavy atom. The van der Waals surface area contributed by atoms with Gasteiger partial charge in [-0.3, -0.25) is 0 Å². The van der Waals surface area contributed by atoms with Crippen molar-refractivity contribution in [3.63, 3.8) is 0 Å². The summed E-state index contributed by atoms with van der Waals surface area (Å²) < 4.78 is 0. The van der Waals surface area contributed by atoms with Crippen LogP contribution in [-0.4, -0.2) is 24.0 Å². The van der Waals surface area contributed by atoms with E-state index in [-0.39, 0.29) is 0 Å². The van der Waals surface area contributed by atoms with Crippen molar-refractivity contribution in [2.45, 2.75) is 0 Å². The third kappa shape index (κ3) is 2.49. The van der Waals surface area contributed by atoms with E-state index in [1.807, 2.05) is 31.3 Å². The molecule has 0 radical (unpaired) electrons. The molecule has 0 unspecified atom stereocenters. The molecule has 0 aliphatic carbocycles. The van der Waals surface area contributed by atoms with Gasteiger partial charge in [-0.25, -0.2) is 4.98 Å². The van der Waals surface area contributed by atoms with Crippen LogP contribution in [-0.2, 0) is 0 Å². The maximum atomic E-state index is 8.80. The van der Waals surface area contributed by atoms with Gasteiger partial charge in [-0.1, -0.05) is 0 Å². The quantitative estimate of drug-likeness (QED) is 0.753. The lowest BCUT2D eigenvalue weighted by Gasteiger charge is -2.04. The minimum atomic E-state index is 0.419. The number of hydrogen-bond donors (Lipinski definition) is 1. The third-order valence-electron chi connectivity index (χ3n) is 1.63. The molecule has 1 aromatic heterocycles. The maximum Gasteiger partial charge on any atom is 0.123 e. The van der Waals surface area contributed by atoms with E-state index in [9.17, 15) is 0 Å². The summed E-state index contributed by atoms with van der Waals surface area (Å²) >= 11 is 0. The summed E-state index contributed by atoms with van der Waals surface area (Å²) in [7, 11) is 3.82. The second-order valence-corrected chi connectivity index (χ2v) is 3.09. The van der Waals surface area contributed by atoms with Crippen molar-refractivity contribution in [1.82, 2.24) is 9.88 Å². The Morgan fingerprint density at radius 2 is 2.29 bits per heavy atom. The first kappa shape index (κ1) is 10.1. The lowest BCUT2D eigenvalue weighted by molar-refractivity contribution is 0.567. The number of nitrogen functional groups attached to an aromatic ring is 1. The summed E-state index contributed by atoms with van der Waals surface area (Å²) in [5.41, 5.74) is 6.83.